The van der Waals surface area contributed by atoms with Crippen molar-refractivity contribution in [2.45, 2.75) is 20.0 Å². The molecule has 0 bridgehead atoms. The highest BCUT2D eigenvalue weighted by atomic mass is 16.5. The molecule has 17 heavy (non-hydrogen) atoms. The minimum absolute atomic E-state index is 0.127. The zero-order chi connectivity index (χ0) is 12.3. The van der Waals surface area contributed by atoms with Gasteiger partial charge in [-0.3, -0.25) is 4.98 Å². The van der Waals surface area contributed by atoms with Crippen LogP contribution in [0.1, 0.15) is 13.8 Å². The van der Waals surface area contributed by atoms with Gasteiger partial charge in [0.1, 0.15) is 5.82 Å². The predicted octanol–water partition coefficient (Wildman–Crippen LogP) is 1.49. The Labute approximate surface area is 99.7 Å². The van der Waals surface area contributed by atoms with Gasteiger partial charge in [-0.25, -0.2) is 9.67 Å². The monoisotopic (exact) mass is 233 g/mol. The second-order valence-corrected chi connectivity index (χ2v) is 3.80. The van der Waals surface area contributed by atoms with Crippen LogP contribution >= 0.6 is 0 Å². The highest BCUT2D eigenvalue weighted by Crippen LogP contribution is 2.14. The third kappa shape index (κ3) is 2.72. The molecule has 0 amide bonds. The van der Waals surface area contributed by atoms with E-state index >= 15 is 0 Å². The van der Waals surface area contributed by atoms with Crippen LogP contribution in [0.25, 0.3) is 5.82 Å². The molecule has 0 saturated carbocycles. The van der Waals surface area contributed by atoms with Crippen molar-refractivity contribution in [3.05, 3.63) is 24.8 Å². The quantitative estimate of drug-likeness (QED) is 0.866. The minimum Gasteiger partial charge on any atom is -0.488 e. The van der Waals surface area contributed by atoms with Gasteiger partial charge in [0.05, 0.1) is 30.9 Å². The average molecular weight is 233 g/mol. The third-order valence-electron chi connectivity index (χ3n) is 2.04. The zero-order valence-electron chi connectivity index (χ0n) is 10.1. The molecule has 2 aromatic rings. The van der Waals surface area contributed by atoms with E-state index in [4.69, 9.17) is 4.74 Å². The van der Waals surface area contributed by atoms with Crippen LogP contribution in [0.4, 0.5) is 5.82 Å². The maximum absolute atomic E-state index is 5.53. The smallest absolute Gasteiger partial charge is 0.174 e. The van der Waals surface area contributed by atoms with Crippen LogP contribution in [0.5, 0.6) is 5.75 Å². The second-order valence-electron chi connectivity index (χ2n) is 3.80. The van der Waals surface area contributed by atoms with Gasteiger partial charge < -0.3 is 10.1 Å². The molecule has 6 nitrogen and oxygen atoms in total. The molecule has 0 aliphatic rings. The SMILES string of the molecule is CNc1cncc(-n2cc(OC(C)C)cn2)n1. The lowest BCUT2D eigenvalue weighted by molar-refractivity contribution is 0.242. The van der Waals surface area contributed by atoms with Gasteiger partial charge >= 0.3 is 0 Å². The maximum Gasteiger partial charge on any atom is 0.174 e. The Hall–Kier alpha value is -2.11. The molecule has 2 aromatic heterocycles. The van der Waals surface area contributed by atoms with Crippen molar-refractivity contribution in [2.24, 2.45) is 0 Å². The van der Waals surface area contributed by atoms with E-state index in [2.05, 4.69) is 20.4 Å². The number of ether oxygens (including phenoxy) is 1. The standard InChI is InChI=1S/C11H15N5O/c1-8(2)17-9-4-14-16(7-9)11-6-13-5-10(12-3)15-11/h4-8H,1-3H3,(H,12,15). The Morgan fingerprint density at radius 2 is 2.12 bits per heavy atom. The molecule has 0 unspecified atom stereocenters. The van der Waals surface area contributed by atoms with E-state index in [-0.39, 0.29) is 6.10 Å². The number of hydrogen-bond donors (Lipinski definition) is 1. The number of hydrogen-bond acceptors (Lipinski definition) is 5. The van der Waals surface area contributed by atoms with Crippen LogP contribution < -0.4 is 10.1 Å². The summed E-state index contributed by atoms with van der Waals surface area (Å²) in [5.41, 5.74) is 0. The van der Waals surface area contributed by atoms with Gasteiger partial charge in [0, 0.05) is 7.05 Å². The number of rotatable bonds is 4. The van der Waals surface area contributed by atoms with Crippen molar-refractivity contribution in [2.75, 3.05) is 12.4 Å². The molecule has 0 spiro atoms. The fourth-order valence-electron chi connectivity index (χ4n) is 1.35. The van der Waals surface area contributed by atoms with Crippen molar-refractivity contribution >= 4 is 5.82 Å². The summed E-state index contributed by atoms with van der Waals surface area (Å²) in [5.74, 6) is 2.07. The van der Waals surface area contributed by atoms with Crippen LogP contribution in [-0.2, 0) is 0 Å². The van der Waals surface area contributed by atoms with Crippen molar-refractivity contribution in [1.82, 2.24) is 19.7 Å². The average Bonchev–Trinajstić information content (AvgIpc) is 2.77. The number of nitrogens with zero attached hydrogens (tertiary/aromatic N) is 4. The summed E-state index contributed by atoms with van der Waals surface area (Å²) in [6, 6.07) is 0. The number of aromatic nitrogens is 4. The maximum atomic E-state index is 5.53. The van der Waals surface area contributed by atoms with E-state index in [0.29, 0.717) is 11.6 Å². The molecule has 0 fully saturated rings. The van der Waals surface area contributed by atoms with E-state index in [1.165, 1.54) is 0 Å². The Morgan fingerprint density at radius 1 is 1.29 bits per heavy atom. The first-order valence-corrected chi connectivity index (χ1v) is 5.40. The first-order valence-electron chi connectivity index (χ1n) is 5.40. The van der Waals surface area contributed by atoms with E-state index in [9.17, 15) is 0 Å². The molecule has 0 aromatic carbocycles. The summed E-state index contributed by atoms with van der Waals surface area (Å²) >= 11 is 0. The minimum atomic E-state index is 0.127. The summed E-state index contributed by atoms with van der Waals surface area (Å²) in [7, 11) is 1.80. The summed E-state index contributed by atoms with van der Waals surface area (Å²) in [5, 5.41) is 7.11. The van der Waals surface area contributed by atoms with E-state index in [1.807, 2.05) is 13.8 Å². The topological polar surface area (TPSA) is 64.9 Å². The van der Waals surface area contributed by atoms with Crippen molar-refractivity contribution < 1.29 is 4.74 Å². The van der Waals surface area contributed by atoms with Gasteiger partial charge in [-0.2, -0.15) is 5.10 Å². The molecular weight excluding hydrogens is 218 g/mol. The van der Waals surface area contributed by atoms with Crippen molar-refractivity contribution in [1.29, 1.82) is 0 Å². The van der Waals surface area contributed by atoms with Crippen LogP contribution in [0.3, 0.4) is 0 Å². The van der Waals surface area contributed by atoms with Crippen LogP contribution in [0, 0.1) is 0 Å². The first-order chi connectivity index (χ1) is 8.19. The van der Waals surface area contributed by atoms with Crippen LogP contribution in [0.15, 0.2) is 24.8 Å². The number of nitrogens with one attached hydrogen (secondary N) is 1. The molecule has 0 radical (unpaired) electrons. The van der Waals surface area contributed by atoms with Crippen LogP contribution in [-0.4, -0.2) is 32.9 Å². The normalized spacial score (nSPS) is 10.6. The van der Waals surface area contributed by atoms with E-state index in [0.717, 1.165) is 5.75 Å². The summed E-state index contributed by atoms with van der Waals surface area (Å²) in [6.45, 7) is 3.94. The molecule has 0 aliphatic heterocycles. The van der Waals surface area contributed by atoms with Crippen molar-refractivity contribution in [3.63, 3.8) is 0 Å². The molecule has 0 aliphatic carbocycles. The van der Waals surface area contributed by atoms with Gasteiger partial charge in [-0.05, 0) is 13.8 Å². The lowest BCUT2D eigenvalue weighted by atomic mass is 10.5. The lowest BCUT2D eigenvalue weighted by Gasteiger charge is -2.05. The lowest BCUT2D eigenvalue weighted by Crippen LogP contribution is -2.05. The molecular formula is C11H15N5O. The Morgan fingerprint density at radius 3 is 2.82 bits per heavy atom. The van der Waals surface area contributed by atoms with Gasteiger partial charge in [0.2, 0.25) is 0 Å². The molecule has 90 valence electrons. The fraction of sp³-hybridized carbons (Fsp3) is 0.364. The Kier molecular flexibility index (Phi) is 3.22. The summed E-state index contributed by atoms with van der Waals surface area (Å²) in [4.78, 5) is 8.40. The summed E-state index contributed by atoms with van der Waals surface area (Å²) < 4.78 is 7.16. The highest BCUT2D eigenvalue weighted by molar-refractivity contribution is 5.35. The zero-order valence-corrected chi connectivity index (χ0v) is 10.1. The third-order valence-corrected chi connectivity index (χ3v) is 2.04. The van der Waals surface area contributed by atoms with E-state index < -0.39 is 0 Å². The molecule has 1 N–H and O–H groups in total. The Balaban J connectivity index is 2.24. The molecule has 2 heterocycles. The highest BCUT2D eigenvalue weighted by Gasteiger charge is 2.05. The molecule has 6 heteroatoms. The predicted molar refractivity (Wildman–Crippen MR) is 64.5 cm³/mol. The molecule has 2 rings (SSSR count). The van der Waals surface area contributed by atoms with Gasteiger partial charge in [-0.1, -0.05) is 0 Å². The Bertz CT molecular complexity index is 494. The fourth-order valence-corrected chi connectivity index (χ4v) is 1.35. The number of anilines is 1. The molecule has 0 saturated heterocycles. The van der Waals surface area contributed by atoms with E-state index in [1.54, 1.807) is 36.5 Å². The summed E-state index contributed by atoms with van der Waals surface area (Å²) in [6.07, 6.45) is 6.87. The second kappa shape index (κ2) is 4.82. The largest absolute Gasteiger partial charge is 0.488 e. The van der Waals surface area contributed by atoms with Crippen LogP contribution in [0.2, 0.25) is 0 Å². The van der Waals surface area contributed by atoms with Crippen molar-refractivity contribution in [3.8, 4) is 11.6 Å². The van der Waals surface area contributed by atoms with Gasteiger partial charge in [0.15, 0.2) is 11.6 Å². The first kappa shape index (κ1) is 11.4. The molecule has 0 atom stereocenters. The van der Waals surface area contributed by atoms with Gasteiger partial charge in [0.25, 0.3) is 0 Å². The van der Waals surface area contributed by atoms with Gasteiger partial charge in [-0.15, -0.1) is 0 Å².